The summed E-state index contributed by atoms with van der Waals surface area (Å²) < 4.78 is 28.3. The predicted molar refractivity (Wildman–Crippen MR) is 161 cm³/mol. The summed E-state index contributed by atoms with van der Waals surface area (Å²) in [5, 5.41) is 18.7. The highest BCUT2D eigenvalue weighted by atomic mass is 32.2. The lowest BCUT2D eigenvalue weighted by Gasteiger charge is -2.57. The minimum Gasteiger partial charge on any atom is -0.480 e. The molecule has 11 nitrogen and oxygen atoms in total. The van der Waals surface area contributed by atoms with Crippen LogP contribution in [0.2, 0.25) is 0 Å². The fourth-order valence-electron chi connectivity index (χ4n) is 7.00. The van der Waals surface area contributed by atoms with Crippen molar-refractivity contribution in [3.8, 4) is 0 Å². The molecule has 0 saturated heterocycles. The second-order valence-corrected chi connectivity index (χ2v) is 14.3. The predicted octanol–water partition coefficient (Wildman–Crippen LogP) is 2.52. The zero-order chi connectivity index (χ0) is 30.9. The van der Waals surface area contributed by atoms with Crippen LogP contribution in [0.5, 0.6) is 0 Å². The van der Waals surface area contributed by atoms with Crippen molar-refractivity contribution in [2.75, 3.05) is 18.4 Å². The Hall–Kier alpha value is -3.51. The van der Waals surface area contributed by atoms with Crippen LogP contribution >= 0.6 is 0 Å². The van der Waals surface area contributed by atoms with Crippen molar-refractivity contribution in [2.24, 2.45) is 11.3 Å². The third kappa shape index (κ3) is 7.01. The molecule has 1 unspecified atom stereocenters. The number of nitrogens with one attached hydrogen (secondary N) is 4. The van der Waals surface area contributed by atoms with E-state index in [0.717, 1.165) is 49.3 Å². The Balaban J connectivity index is 1.03. The summed E-state index contributed by atoms with van der Waals surface area (Å²) in [6, 6.07) is 6.14. The number of rotatable bonds is 11. The van der Waals surface area contributed by atoms with Gasteiger partial charge < -0.3 is 21.1 Å². The molecular weight excluding hydrogens is 570 g/mol. The number of hydrogen-bond acceptors (Lipinski definition) is 7. The molecule has 5 rings (SSSR count). The third-order valence-electron chi connectivity index (χ3n) is 8.96. The van der Waals surface area contributed by atoms with Crippen LogP contribution in [0.4, 0.5) is 5.82 Å². The van der Waals surface area contributed by atoms with Gasteiger partial charge in [0.15, 0.2) is 0 Å². The number of aryl methyl sites for hydroxylation is 5. The lowest BCUT2D eigenvalue weighted by atomic mass is 9.50. The SMILES string of the molecule is Cc1cc(C)c(S(=O)(=O)NC(CNC(=O)C2CC3(CC(NC(=O)CCc4ccc5c(n4)NCCC5)C3)C2)C(=O)O)c(C)c1. The van der Waals surface area contributed by atoms with E-state index in [1.165, 1.54) is 5.56 Å². The fourth-order valence-corrected chi connectivity index (χ4v) is 8.65. The molecule has 1 atom stereocenters. The summed E-state index contributed by atoms with van der Waals surface area (Å²) in [6.45, 7) is 5.77. The Kier molecular flexibility index (Phi) is 8.80. The average Bonchev–Trinajstić information content (AvgIpc) is 2.89. The van der Waals surface area contributed by atoms with Crippen LogP contribution in [-0.4, -0.2) is 61.5 Å². The van der Waals surface area contributed by atoms with E-state index in [1.807, 2.05) is 13.0 Å². The number of amides is 2. The second-order valence-electron chi connectivity index (χ2n) is 12.6. The standard InChI is InChI=1S/C31H41N5O6S/c1-18-11-19(2)27(20(3)12-18)43(41,42)36-25(30(39)40)17-33-29(38)22-13-31(14-22)15-24(16-31)34-26(37)9-8-23-7-6-21-5-4-10-32-28(21)35-23/h6-7,11-12,22,24-25,36H,4-5,8-10,13-17H2,1-3H3,(H,32,35)(H,33,38)(H,34,37)(H,39,40). The van der Waals surface area contributed by atoms with Gasteiger partial charge in [0, 0.05) is 37.2 Å². The molecule has 3 aliphatic rings. The van der Waals surface area contributed by atoms with E-state index in [2.05, 4.69) is 31.7 Å². The maximum absolute atomic E-state index is 13.0. The molecule has 2 aromatic rings. The lowest BCUT2D eigenvalue weighted by Crippen LogP contribution is -2.59. The second kappa shape index (κ2) is 12.2. The smallest absolute Gasteiger partial charge is 0.323 e. The number of hydrogen-bond donors (Lipinski definition) is 5. The van der Waals surface area contributed by atoms with Gasteiger partial charge in [0.2, 0.25) is 21.8 Å². The van der Waals surface area contributed by atoms with Crippen molar-refractivity contribution in [1.29, 1.82) is 0 Å². The number of aliphatic carboxylic acids is 1. The summed E-state index contributed by atoms with van der Waals surface area (Å²) in [6.07, 6.45) is 6.06. The van der Waals surface area contributed by atoms with Crippen LogP contribution in [-0.2, 0) is 37.2 Å². The van der Waals surface area contributed by atoms with Crippen LogP contribution in [0.15, 0.2) is 29.2 Å². The molecule has 5 N–H and O–H groups in total. The van der Waals surface area contributed by atoms with Gasteiger partial charge in [-0.2, -0.15) is 4.72 Å². The first-order chi connectivity index (χ1) is 20.3. The van der Waals surface area contributed by atoms with E-state index in [-0.39, 0.29) is 40.6 Å². The van der Waals surface area contributed by atoms with Crippen molar-refractivity contribution in [1.82, 2.24) is 20.3 Å². The first-order valence-corrected chi connectivity index (χ1v) is 16.5. The number of carboxylic acid groups (broad SMARTS) is 1. The van der Waals surface area contributed by atoms with Crippen molar-refractivity contribution in [2.45, 2.75) is 89.1 Å². The number of carboxylic acids is 1. The Morgan fingerprint density at radius 1 is 1.09 bits per heavy atom. The van der Waals surface area contributed by atoms with E-state index in [1.54, 1.807) is 26.0 Å². The number of aromatic nitrogens is 1. The van der Waals surface area contributed by atoms with Crippen LogP contribution < -0.4 is 20.7 Å². The first-order valence-electron chi connectivity index (χ1n) is 15.0. The Morgan fingerprint density at radius 3 is 2.47 bits per heavy atom. The summed E-state index contributed by atoms with van der Waals surface area (Å²) in [5.74, 6) is -0.973. The van der Waals surface area contributed by atoms with Crippen LogP contribution in [0.3, 0.4) is 0 Å². The molecule has 2 fully saturated rings. The summed E-state index contributed by atoms with van der Waals surface area (Å²) in [7, 11) is -4.12. The quantitative estimate of drug-likeness (QED) is 0.259. The summed E-state index contributed by atoms with van der Waals surface area (Å²) in [5.41, 5.74) is 4.11. The van der Waals surface area contributed by atoms with Gasteiger partial charge in [-0.05, 0) is 93.9 Å². The summed E-state index contributed by atoms with van der Waals surface area (Å²) in [4.78, 5) is 41.8. The van der Waals surface area contributed by atoms with E-state index in [0.29, 0.717) is 36.8 Å². The highest BCUT2D eigenvalue weighted by Gasteiger charge is 2.55. The maximum Gasteiger partial charge on any atom is 0.323 e. The third-order valence-corrected chi connectivity index (χ3v) is 10.7. The number of pyridine rings is 1. The van der Waals surface area contributed by atoms with Crippen LogP contribution in [0, 0.1) is 32.1 Å². The van der Waals surface area contributed by atoms with Gasteiger partial charge in [-0.3, -0.25) is 14.4 Å². The molecule has 232 valence electrons. The van der Waals surface area contributed by atoms with E-state index in [9.17, 15) is 27.9 Å². The first kappa shape index (κ1) is 30.9. The van der Waals surface area contributed by atoms with Gasteiger partial charge in [-0.25, -0.2) is 13.4 Å². The van der Waals surface area contributed by atoms with Crippen LogP contribution in [0.25, 0.3) is 0 Å². The minimum atomic E-state index is -4.12. The number of carbonyl (C=O) groups excluding carboxylic acids is 2. The topological polar surface area (TPSA) is 167 Å². The average molecular weight is 612 g/mol. The molecule has 1 aromatic carbocycles. The number of carbonyl (C=O) groups is 3. The van der Waals surface area contributed by atoms with E-state index < -0.39 is 22.0 Å². The molecule has 1 aromatic heterocycles. The largest absolute Gasteiger partial charge is 0.480 e. The molecule has 1 aliphatic heterocycles. The van der Waals surface area contributed by atoms with Gasteiger partial charge in [0.05, 0.1) is 4.90 Å². The zero-order valence-electron chi connectivity index (χ0n) is 25.0. The fraction of sp³-hybridized carbons (Fsp3) is 0.548. The summed E-state index contributed by atoms with van der Waals surface area (Å²) >= 11 is 0. The minimum absolute atomic E-state index is 0.000800. The monoisotopic (exact) mass is 611 g/mol. The van der Waals surface area contributed by atoms with Gasteiger partial charge >= 0.3 is 5.97 Å². The van der Waals surface area contributed by atoms with Gasteiger partial charge in [-0.15, -0.1) is 0 Å². The van der Waals surface area contributed by atoms with E-state index >= 15 is 0 Å². The van der Waals surface area contributed by atoms with Crippen molar-refractivity contribution < 1.29 is 27.9 Å². The van der Waals surface area contributed by atoms with Crippen molar-refractivity contribution in [3.63, 3.8) is 0 Å². The Labute approximate surface area is 252 Å². The van der Waals surface area contributed by atoms with Crippen molar-refractivity contribution in [3.05, 3.63) is 52.2 Å². The number of anilines is 1. The molecule has 2 saturated carbocycles. The highest BCUT2D eigenvalue weighted by molar-refractivity contribution is 7.89. The Morgan fingerprint density at radius 2 is 1.79 bits per heavy atom. The van der Waals surface area contributed by atoms with E-state index in [4.69, 9.17) is 0 Å². The van der Waals surface area contributed by atoms with Gasteiger partial charge in [0.25, 0.3) is 0 Å². The number of fused-ring (bicyclic) bond motifs is 1. The normalized spacial score (nSPS) is 23.2. The molecule has 43 heavy (non-hydrogen) atoms. The van der Waals surface area contributed by atoms with Gasteiger partial charge in [-0.1, -0.05) is 23.8 Å². The highest BCUT2D eigenvalue weighted by Crippen LogP contribution is 2.58. The van der Waals surface area contributed by atoms with Crippen molar-refractivity contribution >= 4 is 33.6 Å². The molecule has 12 heteroatoms. The lowest BCUT2D eigenvalue weighted by molar-refractivity contribution is -0.142. The van der Waals surface area contributed by atoms with Gasteiger partial charge in [0.1, 0.15) is 11.9 Å². The number of nitrogens with zero attached hydrogens (tertiary/aromatic N) is 1. The Bertz CT molecular complexity index is 1500. The molecule has 2 amide bonds. The molecule has 2 heterocycles. The molecule has 0 bridgehead atoms. The number of benzene rings is 1. The molecule has 2 aliphatic carbocycles. The molecule has 0 radical (unpaired) electrons. The molecule has 1 spiro atoms. The maximum atomic E-state index is 13.0. The molecular formula is C31H41N5O6S. The van der Waals surface area contributed by atoms with Crippen LogP contribution in [0.1, 0.15) is 66.5 Å². The number of sulfonamides is 1. The zero-order valence-corrected chi connectivity index (χ0v) is 25.8.